The van der Waals surface area contributed by atoms with Gasteiger partial charge in [-0.1, -0.05) is 45.8 Å². The number of hydrogen-bond donors (Lipinski definition) is 1. The van der Waals surface area contributed by atoms with E-state index < -0.39 is 0 Å². The number of fused-ring (bicyclic) bond motifs is 1. The molecule has 29 heavy (non-hydrogen) atoms. The van der Waals surface area contributed by atoms with E-state index in [-0.39, 0.29) is 12.5 Å². The summed E-state index contributed by atoms with van der Waals surface area (Å²) in [7, 11) is 0. The molecular weight excluding hydrogens is 450 g/mol. The summed E-state index contributed by atoms with van der Waals surface area (Å²) in [5.74, 6) is 0.166. The molecule has 0 unspecified atom stereocenters. The van der Waals surface area contributed by atoms with Gasteiger partial charge in [-0.05, 0) is 43.2 Å². The number of amides is 1. The van der Waals surface area contributed by atoms with Gasteiger partial charge >= 0.3 is 0 Å². The summed E-state index contributed by atoms with van der Waals surface area (Å²) in [4.78, 5) is 21.8. The van der Waals surface area contributed by atoms with Crippen molar-refractivity contribution < 1.29 is 9.53 Å². The first-order chi connectivity index (χ1) is 14.0. The first kappa shape index (κ1) is 19.5. The quantitative estimate of drug-likeness (QED) is 0.405. The number of aryl methyl sites for hydroxylation is 2. The van der Waals surface area contributed by atoms with Gasteiger partial charge in [-0.25, -0.2) is 9.97 Å². The molecule has 0 aliphatic carbocycles. The van der Waals surface area contributed by atoms with E-state index >= 15 is 0 Å². The van der Waals surface area contributed by atoms with Crippen LogP contribution in [-0.4, -0.2) is 22.5 Å². The predicted octanol–water partition coefficient (Wildman–Crippen LogP) is 5.76. The summed E-state index contributed by atoms with van der Waals surface area (Å²) in [5.41, 5.74) is 5.03. The van der Waals surface area contributed by atoms with Crippen LogP contribution in [0.3, 0.4) is 0 Å². The summed E-state index contributed by atoms with van der Waals surface area (Å²) >= 11 is 4.99. The second-order valence-electron chi connectivity index (χ2n) is 6.68. The number of carbonyl (C=O) groups excluding carboxylic acids is 1. The third-order valence-corrected chi connectivity index (χ3v) is 6.26. The molecule has 0 aliphatic rings. The maximum Gasteiger partial charge on any atom is 0.262 e. The lowest BCUT2D eigenvalue weighted by Gasteiger charge is -2.09. The average Bonchev–Trinajstić information content (AvgIpc) is 3.15. The SMILES string of the molecule is Cc1ccc(-c2csc3ncnc(OCC(=O)Nc4ccc(Br)c(C)c4)c23)cc1. The Morgan fingerprint density at radius 3 is 2.69 bits per heavy atom. The second-order valence-corrected chi connectivity index (χ2v) is 8.39. The Labute approximate surface area is 180 Å². The number of rotatable bonds is 5. The first-order valence-electron chi connectivity index (χ1n) is 8.99. The molecule has 1 N–H and O–H groups in total. The highest BCUT2D eigenvalue weighted by molar-refractivity contribution is 9.10. The van der Waals surface area contributed by atoms with Crippen molar-refractivity contribution in [3.63, 3.8) is 0 Å². The lowest BCUT2D eigenvalue weighted by Crippen LogP contribution is -2.20. The van der Waals surface area contributed by atoms with Crippen LogP contribution < -0.4 is 10.1 Å². The Morgan fingerprint density at radius 2 is 1.93 bits per heavy atom. The van der Waals surface area contributed by atoms with E-state index in [0.717, 1.165) is 37.1 Å². The maximum atomic E-state index is 12.4. The van der Waals surface area contributed by atoms with Gasteiger partial charge in [0.2, 0.25) is 5.88 Å². The van der Waals surface area contributed by atoms with Crippen LogP contribution in [0.25, 0.3) is 21.3 Å². The van der Waals surface area contributed by atoms with Crippen LogP contribution in [0.4, 0.5) is 5.69 Å². The van der Waals surface area contributed by atoms with Crippen LogP contribution in [0.2, 0.25) is 0 Å². The fourth-order valence-electron chi connectivity index (χ4n) is 2.96. The minimum atomic E-state index is -0.245. The zero-order chi connectivity index (χ0) is 20.4. The molecule has 0 bridgehead atoms. The van der Waals surface area contributed by atoms with Crippen molar-refractivity contribution in [1.29, 1.82) is 0 Å². The molecule has 0 radical (unpaired) electrons. The van der Waals surface area contributed by atoms with Crippen molar-refractivity contribution in [2.75, 3.05) is 11.9 Å². The van der Waals surface area contributed by atoms with Gasteiger partial charge in [-0.3, -0.25) is 4.79 Å². The highest BCUT2D eigenvalue weighted by atomic mass is 79.9. The molecule has 146 valence electrons. The number of aromatic nitrogens is 2. The molecule has 0 spiro atoms. The van der Waals surface area contributed by atoms with E-state index in [2.05, 4.69) is 62.4 Å². The largest absolute Gasteiger partial charge is 0.467 e. The Morgan fingerprint density at radius 1 is 1.14 bits per heavy atom. The number of benzene rings is 2. The van der Waals surface area contributed by atoms with Gasteiger partial charge in [0, 0.05) is 21.1 Å². The van der Waals surface area contributed by atoms with Crippen molar-refractivity contribution in [1.82, 2.24) is 9.97 Å². The Bertz CT molecular complexity index is 1190. The average molecular weight is 468 g/mol. The first-order valence-corrected chi connectivity index (χ1v) is 10.7. The zero-order valence-electron chi connectivity index (χ0n) is 15.9. The molecule has 2 aromatic carbocycles. The molecule has 7 heteroatoms. The van der Waals surface area contributed by atoms with Crippen molar-refractivity contribution >= 4 is 49.1 Å². The van der Waals surface area contributed by atoms with E-state index in [0.29, 0.717) is 5.88 Å². The number of nitrogens with one attached hydrogen (secondary N) is 1. The smallest absolute Gasteiger partial charge is 0.262 e. The van der Waals surface area contributed by atoms with Crippen LogP contribution >= 0.6 is 27.3 Å². The fourth-order valence-corrected chi connectivity index (χ4v) is 4.11. The molecule has 0 saturated carbocycles. The fraction of sp³-hybridized carbons (Fsp3) is 0.136. The summed E-state index contributed by atoms with van der Waals surface area (Å²) in [6.07, 6.45) is 1.46. The molecule has 0 atom stereocenters. The van der Waals surface area contributed by atoms with Crippen LogP contribution in [0.1, 0.15) is 11.1 Å². The van der Waals surface area contributed by atoms with Crippen molar-refractivity contribution in [3.05, 3.63) is 69.8 Å². The second kappa shape index (κ2) is 8.31. The molecular formula is C22H18BrN3O2S. The minimum absolute atomic E-state index is 0.135. The normalized spacial score (nSPS) is 10.9. The van der Waals surface area contributed by atoms with Gasteiger partial charge in [-0.2, -0.15) is 0 Å². The molecule has 0 fully saturated rings. The Hall–Kier alpha value is -2.77. The van der Waals surface area contributed by atoms with Crippen LogP contribution in [0, 0.1) is 13.8 Å². The summed E-state index contributed by atoms with van der Waals surface area (Å²) < 4.78 is 6.78. The number of ether oxygens (including phenoxy) is 1. The van der Waals surface area contributed by atoms with E-state index in [4.69, 9.17) is 4.74 Å². The maximum absolute atomic E-state index is 12.4. The van der Waals surface area contributed by atoms with E-state index in [1.54, 1.807) is 0 Å². The van der Waals surface area contributed by atoms with Gasteiger partial charge in [0.15, 0.2) is 6.61 Å². The number of anilines is 1. The predicted molar refractivity (Wildman–Crippen MR) is 121 cm³/mol. The van der Waals surface area contributed by atoms with E-state index in [9.17, 15) is 4.79 Å². The lowest BCUT2D eigenvalue weighted by molar-refractivity contribution is -0.118. The Kier molecular flexibility index (Phi) is 5.60. The Balaban J connectivity index is 1.54. The van der Waals surface area contributed by atoms with Gasteiger partial charge in [0.1, 0.15) is 11.2 Å². The number of thiophene rings is 1. The number of hydrogen-bond acceptors (Lipinski definition) is 5. The topological polar surface area (TPSA) is 64.1 Å². The monoisotopic (exact) mass is 467 g/mol. The third kappa shape index (κ3) is 4.31. The van der Waals surface area contributed by atoms with Gasteiger partial charge in [-0.15, -0.1) is 11.3 Å². The zero-order valence-corrected chi connectivity index (χ0v) is 18.3. The third-order valence-electron chi connectivity index (χ3n) is 4.48. The summed E-state index contributed by atoms with van der Waals surface area (Å²) in [5, 5.41) is 5.72. The van der Waals surface area contributed by atoms with Crippen LogP contribution in [-0.2, 0) is 4.79 Å². The summed E-state index contributed by atoms with van der Waals surface area (Å²) in [6, 6.07) is 13.9. The number of nitrogens with zero attached hydrogens (tertiary/aromatic N) is 2. The van der Waals surface area contributed by atoms with Gasteiger partial charge in [0.25, 0.3) is 5.91 Å². The van der Waals surface area contributed by atoms with Crippen molar-refractivity contribution in [3.8, 4) is 17.0 Å². The van der Waals surface area contributed by atoms with E-state index in [1.807, 2.05) is 30.5 Å². The highest BCUT2D eigenvalue weighted by Gasteiger charge is 2.15. The minimum Gasteiger partial charge on any atom is -0.467 e. The molecule has 5 nitrogen and oxygen atoms in total. The van der Waals surface area contributed by atoms with Gasteiger partial charge < -0.3 is 10.1 Å². The molecule has 4 rings (SSSR count). The van der Waals surface area contributed by atoms with Crippen LogP contribution in [0.5, 0.6) is 5.88 Å². The van der Waals surface area contributed by atoms with E-state index in [1.165, 1.54) is 23.2 Å². The summed E-state index contributed by atoms with van der Waals surface area (Å²) in [6.45, 7) is 3.89. The molecule has 2 heterocycles. The number of carbonyl (C=O) groups is 1. The van der Waals surface area contributed by atoms with Crippen LogP contribution in [0.15, 0.2) is 58.6 Å². The highest BCUT2D eigenvalue weighted by Crippen LogP contribution is 2.37. The molecule has 2 aromatic heterocycles. The molecule has 1 amide bonds. The molecule has 0 aliphatic heterocycles. The molecule has 0 saturated heterocycles. The van der Waals surface area contributed by atoms with Crippen molar-refractivity contribution in [2.45, 2.75) is 13.8 Å². The standard InChI is InChI=1S/C22H18BrN3O2S/c1-13-3-5-15(6-4-13)17-11-29-22-20(17)21(24-12-25-22)28-10-19(27)26-16-7-8-18(23)14(2)9-16/h3-9,11-12H,10H2,1-2H3,(H,26,27). The number of halogens is 1. The van der Waals surface area contributed by atoms with Crippen molar-refractivity contribution in [2.24, 2.45) is 0 Å². The lowest BCUT2D eigenvalue weighted by atomic mass is 10.0. The van der Waals surface area contributed by atoms with Gasteiger partial charge in [0.05, 0.1) is 5.39 Å². The molecule has 4 aromatic rings.